The minimum Gasteiger partial charge on any atom is -0.481 e. The van der Waals surface area contributed by atoms with Crippen molar-refractivity contribution in [1.82, 2.24) is 10.6 Å². The second-order valence-electron chi connectivity index (χ2n) is 3.75. The maximum atomic E-state index is 11.2. The summed E-state index contributed by atoms with van der Waals surface area (Å²) in [5.74, 6) is -2.17. The maximum absolute atomic E-state index is 11.2. The molecule has 8 nitrogen and oxygen atoms in total. The fraction of sp³-hybridized carbons (Fsp3) is 0.600. The zero-order valence-corrected chi connectivity index (χ0v) is 10.1. The Morgan fingerprint density at radius 2 is 1.72 bits per heavy atom. The third kappa shape index (κ3) is 8.08. The minimum absolute atomic E-state index is 0.0157. The molecule has 5 N–H and O–H groups in total. The predicted octanol–water partition coefficient (Wildman–Crippen LogP) is -0.669. The first-order chi connectivity index (χ1) is 8.32. The molecule has 0 aromatic heterocycles. The fourth-order valence-electron chi connectivity index (χ4n) is 1.05. The van der Waals surface area contributed by atoms with Crippen LogP contribution in [0.15, 0.2) is 0 Å². The van der Waals surface area contributed by atoms with E-state index in [9.17, 15) is 19.2 Å². The van der Waals surface area contributed by atoms with Crippen LogP contribution >= 0.6 is 0 Å². The molecule has 0 fully saturated rings. The third-order valence-corrected chi connectivity index (χ3v) is 2.07. The first-order valence-corrected chi connectivity index (χ1v) is 5.44. The van der Waals surface area contributed by atoms with Gasteiger partial charge in [0.25, 0.3) is 0 Å². The number of carboxylic acid groups (broad SMARTS) is 1. The van der Waals surface area contributed by atoms with Crippen molar-refractivity contribution < 1.29 is 24.3 Å². The van der Waals surface area contributed by atoms with Crippen LogP contribution in [0.2, 0.25) is 0 Å². The number of unbranched alkanes of at least 4 members (excludes halogenated alkanes) is 1. The van der Waals surface area contributed by atoms with Crippen LogP contribution in [-0.4, -0.2) is 35.0 Å². The van der Waals surface area contributed by atoms with Crippen molar-refractivity contribution >= 4 is 23.8 Å². The van der Waals surface area contributed by atoms with Crippen LogP contribution in [0.25, 0.3) is 0 Å². The number of urea groups is 1. The van der Waals surface area contributed by atoms with E-state index in [0.717, 1.165) is 0 Å². The lowest BCUT2D eigenvalue weighted by Gasteiger charge is -2.10. The number of nitrogens with one attached hydrogen (secondary N) is 2. The Morgan fingerprint density at radius 1 is 1.17 bits per heavy atom. The number of aliphatic carboxylic acids is 1. The first-order valence-electron chi connectivity index (χ1n) is 5.44. The van der Waals surface area contributed by atoms with Gasteiger partial charge in [0.15, 0.2) is 0 Å². The molecular formula is C10H17N3O5. The quantitative estimate of drug-likeness (QED) is 0.449. The normalized spacial score (nSPS) is 11.4. The molecule has 4 amide bonds. The van der Waals surface area contributed by atoms with Crippen molar-refractivity contribution in [2.24, 2.45) is 5.73 Å². The van der Waals surface area contributed by atoms with E-state index in [1.165, 1.54) is 6.92 Å². The Bertz CT molecular complexity index is 342. The van der Waals surface area contributed by atoms with Gasteiger partial charge >= 0.3 is 12.0 Å². The molecule has 0 aliphatic carbocycles. The Labute approximate surface area is 104 Å². The van der Waals surface area contributed by atoms with Gasteiger partial charge in [0, 0.05) is 12.8 Å². The van der Waals surface area contributed by atoms with Crippen molar-refractivity contribution in [1.29, 1.82) is 0 Å². The van der Waals surface area contributed by atoms with Crippen LogP contribution in [-0.2, 0) is 14.4 Å². The number of imide groups is 1. The van der Waals surface area contributed by atoms with Crippen LogP contribution in [0, 0.1) is 0 Å². The van der Waals surface area contributed by atoms with Gasteiger partial charge in [0.05, 0.1) is 0 Å². The summed E-state index contributed by atoms with van der Waals surface area (Å²) in [6.45, 7) is 1.39. The lowest BCUT2D eigenvalue weighted by atomic mass is 10.2. The number of nitrogens with two attached hydrogens (primary N) is 1. The smallest absolute Gasteiger partial charge is 0.322 e. The van der Waals surface area contributed by atoms with Crippen molar-refractivity contribution in [2.45, 2.75) is 38.6 Å². The molecule has 1 atom stereocenters. The van der Waals surface area contributed by atoms with Crippen molar-refractivity contribution in [2.75, 3.05) is 0 Å². The van der Waals surface area contributed by atoms with E-state index >= 15 is 0 Å². The van der Waals surface area contributed by atoms with Crippen LogP contribution < -0.4 is 16.4 Å². The van der Waals surface area contributed by atoms with Crippen LogP contribution in [0.4, 0.5) is 4.79 Å². The number of amides is 4. The lowest BCUT2D eigenvalue weighted by Crippen LogP contribution is -2.48. The molecule has 0 heterocycles. The van der Waals surface area contributed by atoms with Gasteiger partial charge < -0.3 is 16.2 Å². The van der Waals surface area contributed by atoms with Gasteiger partial charge in [-0.05, 0) is 19.8 Å². The van der Waals surface area contributed by atoms with Gasteiger partial charge in [-0.15, -0.1) is 0 Å². The number of hydrogen-bond donors (Lipinski definition) is 4. The maximum Gasteiger partial charge on any atom is 0.322 e. The highest BCUT2D eigenvalue weighted by molar-refractivity contribution is 5.96. The Balaban J connectivity index is 3.77. The molecule has 1 unspecified atom stereocenters. The molecule has 102 valence electrons. The molecular weight excluding hydrogens is 242 g/mol. The summed E-state index contributed by atoms with van der Waals surface area (Å²) in [5.41, 5.74) is 4.92. The molecule has 8 heteroatoms. The van der Waals surface area contributed by atoms with E-state index < -0.39 is 29.9 Å². The molecule has 0 aliphatic heterocycles. The van der Waals surface area contributed by atoms with Gasteiger partial charge in [0.1, 0.15) is 6.04 Å². The van der Waals surface area contributed by atoms with Gasteiger partial charge in [-0.3, -0.25) is 19.7 Å². The van der Waals surface area contributed by atoms with E-state index in [4.69, 9.17) is 10.8 Å². The second kappa shape index (κ2) is 8.04. The lowest BCUT2D eigenvalue weighted by molar-refractivity contribution is -0.137. The van der Waals surface area contributed by atoms with Crippen LogP contribution in [0.3, 0.4) is 0 Å². The van der Waals surface area contributed by atoms with Crippen LogP contribution in [0.5, 0.6) is 0 Å². The second-order valence-corrected chi connectivity index (χ2v) is 3.75. The van der Waals surface area contributed by atoms with E-state index in [0.29, 0.717) is 12.8 Å². The molecule has 0 aromatic rings. The molecule has 0 radical (unpaired) electrons. The number of primary amides is 1. The number of rotatable bonds is 7. The average Bonchev–Trinajstić information content (AvgIpc) is 2.23. The summed E-state index contributed by atoms with van der Waals surface area (Å²) in [7, 11) is 0. The highest BCUT2D eigenvalue weighted by Gasteiger charge is 2.13. The fourth-order valence-corrected chi connectivity index (χ4v) is 1.05. The molecule has 0 saturated heterocycles. The van der Waals surface area contributed by atoms with Gasteiger partial charge in [-0.1, -0.05) is 0 Å². The number of carbonyl (C=O) groups excluding carboxylic acids is 3. The van der Waals surface area contributed by atoms with Crippen molar-refractivity contribution in [3.8, 4) is 0 Å². The van der Waals surface area contributed by atoms with Gasteiger partial charge in [-0.25, -0.2) is 4.79 Å². The number of carbonyl (C=O) groups is 4. The molecule has 0 saturated carbocycles. The predicted molar refractivity (Wildman–Crippen MR) is 61.4 cm³/mol. The molecule has 18 heavy (non-hydrogen) atoms. The summed E-state index contributed by atoms with van der Waals surface area (Å²) >= 11 is 0. The summed E-state index contributed by atoms with van der Waals surface area (Å²) in [4.78, 5) is 43.2. The topological polar surface area (TPSA) is 139 Å². The highest BCUT2D eigenvalue weighted by Crippen LogP contribution is 1.99. The van der Waals surface area contributed by atoms with Crippen LogP contribution in [0.1, 0.15) is 32.6 Å². The SMILES string of the molecule is CC(NC(=O)NC(=O)CCCCC(=O)O)C(N)=O. The van der Waals surface area contributed by atoms with Gasteiger partial charge in [0.2, 0.25) is 11.8 Å². The van der Waals surface area contributed by atoms with Crippen molar-refractivity contribution in [3.63, 3.8) is 0 Å². The monoisotopic (exact) mass is 259 g/mol. The standard InChI is InChI=1S/C10H17N3O5/c1-6(9(11)17)12-10(18)13-7(14)4-2-3-5-8(15)16/h6H,2-5H2,1H3,(H2,11,17)(H,15,16)(H2,12,13,14,18). The molecule has 0 aliphatic rings. The molecule has 0 aromatic carbocycles. The van der Waals surface area contributed by atoms with E-state index in [-0.39, 0.29) is 12.8 Å². The summed E-state index contributed by atoms with van der Waals surface area (Å²) in [6.07, 6.45) is 0.767. The van der Waals surface area contributed by atoms with E-state index in [1.54, 1.807) is 0 Å². The molecule has 0 rings (SSSR count). The van der Waals surface area contributed by atoms with Gasteiger partial charge in [-0.2, -0.15) is 0 Å². The summed E-state index contributed by atoms with van der Waals surface area (Å²) in [6, 6.07) is -1.67. The van der Waals surface area contributed by atoms with E-state index in [2.05, 4.69) is 5.32 Å². The summed E-state index contributed by atoms with van der Waals surface area (Å²) in [5, 5.41) is 12.6. The highest BCUT2D eigenvalue weighted by atomic mass is 16.4. The summed E-state index contributed by atoms with van der Waals surface area (Å²) < 4.78 is 0. The Morgan fingerprint density at radius 3 is 2.22 bits per heavy atom. The number of carboxylic acids is 1. The largest absolute Gasteiger partial charge is 0.481 e. The third-order valence-electron chi connectivity index (χ3n) is 2.07. The number of hydrogen-bond acceptors (Lipinski definition) is 4. The Kier molecular flexibility index (Phi) is 7.10. The zero-order valence-electron chi connectivity index (χ0n) is 10.1. The molecule has 0 spiro atoms. The first kappa shape index (κ1) is 15.9. The average molecular weight is 259 g/mol. The minimum atomic E-state index is -0.927. The van der Waals surface area contributed by atoms with Crippen molar-refractivity contribution in [3.05, 3.63) is 0 Å². The molecule has 0 bridgehead atoms. The van der Waals surface area contributed by atoms with E-state index in [1.807, 2.05) is 5.32 Å². The Hall–Kier alpha value is -2.12. The zero-order chi connectivity index (χ0) is 14.1.